The Bertz CT molecular complexity index is 1510. The first-order valence-corrected chi connectivity index (χ1v) is 13.5. The number of alkyl halides is 9. The number of anilines is 1. The zero-order chi connectivity index (χ0) is 33.5. The summed E-state index contributed by atoms with van der Waals surface area (Å²) in [5.74, 6) is -1.19. The zero-order valence-electron chi connectivity index (χ0n) is 23.6. The Morgan fingerprint density at radius 2 is 1.60 bits per heavy atom. The molecule has 3 atom stereocenters. The molecule has 1 unspecified atom stereocenters. The molecule has 2 heterocycles. The third-order valence-electron chi connectivity index (χ3n) is 7.31. The van der Waals surface area contributed by atoms with Crippen LogP contribution >= 0.6 is 0 Å². The van der Waals surface area contributed by atoms with Gasteiger partial charge in [-0.2, -0.15) is 44.3 Å². The highest BCUT2D eigenvalue weighted by atomic mass is 19.4. The van der Waals surface area contributed by atoms with Crippen LogP contribution < -0.4 is 10.6 Å². The first-order valence-electron chi connectivity index (χ1n) is 13.5. The maximum atomic E-state index is 13.7. The van der Waals surface area contributed by atoms with Crippen LogP contribution in [0.5, 0.6) is 0 Å². The summed E-state index contributed by atoms with van der Waals surface area (Å²) in [6, 6.07) is 3.61. The molecule has 0 saturated carbocycles. The lowest BCUT2D eigenvalue weighted by atomic mass is 9.80. The van der Waals surface area contributed by atoms with Crippen LogP contribution in [0.1, 0.15) is 66.2 Å². The van der Waals surface area contributed by atoms with Gasteiger partial charge < -0.3 is 15.6 Å². The largest absolute Gasteiger partial charge is 0.449 e. The quantitative estimate of drug-likeness (QED) is 0.305. The van der Waals surface area contributed by atoms with Gasteiger partial charge in [0.15, 0.2) is 5.82 Å². The van der Waals surface area contributed by atoms with E-state index >= 15 is 0 Å². The molecule has 1 aromatic heterocycles. The molecule has 18 heteroatoms. The summed E-state index contributed by atoms with van der Waals surface area (Å²) < 4.78 is 125. The minimum atomic E-state index is -5.08. The molecule has 0 saturated heterocycles. The topological polar surface area (TPSA) is 119 Å². The molecular weight excluding hydrogens is 627 g/mol. The second-order valence-electron chi connectivity index (χ2n) is 10.5. The van der Waals surface area contributed by atoms with Gasteiger partial charge in [-0.1, -0.05) is 6.92 Å². The average Bonchev–Trinajstić information content (AvgIpc) is 3.38. The average molecular weight is 655 g/mol. The molecule has 0 bridgehead atoms. The van der Waals surface area contributed by atoms with E-state index in [0.717, 1.165) is 27.9 Å². The predicted molar refractivity (Wildman–Crippen MR) is 139 cm³/mol. The van der Waals surface area contributed by atoms with Crippen molar-refractivity contribution in [2.45, 2.75) is 75.9 Å². The molecule has 0 radical (unpaired) electrons. The highest BCUT2D eigenvalue weighted by molar-refractivity contribution is 5.91. The lowest BCUT2D eigenvalue weighted by Gasteiger charge is -2.46. The number of benzene rings is 2. The van der Waals surface area contributed by atoms with Gasteiger partial charge in [-0.25, -0.2) is 4.79 Å². The highest BCUT2D eigenvalue weighted by Crippen LogP contribution is 2.47. The lowest BCUT2D eigenvalue weighted by Crippen LogP contribution is -2.61. The van der Waals surface area contributed by atoms with E-state index < -0.39 is 77.5 Å². The van der Waals surface area contributed by atoms with Gasteiger partial charge in [0.1, 0.15) is 5.66 Å². The maximum Gasteiger partial charge on any atom is 0.416 e. The molecule has 246 valence electrons. The molecule has 1 amide bonds. The van der Waals surface area contributed by atoms with E-state index in [2.05, 4.69) is 15.4 Å². The maximum absolute atomic E-state index is 13.7. The summed E-state index contributed by atoms with van der Waals surface area (Å²) in [6.45, 7) is 2.62. The lowest BCUT2D eigenvalue weighted by molar-refractivity contribution is -0.143. The summed E-state index contributed by atoms with van der Waals surface area (Å²) in [7, 11) is 0. The van der Waals surface area contributed by atoms with E-state index in [-0.39, 0.29) is 42.6 Å². The Labute approximate surface area is 249 Å². The third kappa shape index (κ3) is 7.32. The summed E-state index contributed by atoms with van der Waals surface area (Å²) in [6.07, 6.45) is -18.1. The van der Waals surface area contributed by atoms with Crippen LogP contribution in [-0.2, 0) is 36.2 Å². The number of carbonyl (C=O) groups excluding carboxylic acids is 1. The van der Waals surface area contributed by atoms with E-state index in [1.54, 1.807) is 13.8 Å². The fourth-order valence-corrected chi connectivity index (χ4v) is 5.14. The number of hydrogen-bond acceptors (Lipinski definition) is 7. The van der Waals surface area contributed by atoms with Crippen LogP contribution in [-0.4, -0.2) is 49.8 Å². The van der Waals surface area contributed by atoms with Crippen molar-refractivity contribution in [3.8, 4) is 0 Å². The number of amides is 1. The molecule has 3 aromatic rings. The number of aliphatic hydroxyl groups excluding tert-OH is 1. The minimum absolute atomic E-state index is 0.0171. The number of nitrogens with zero attached hydrogens (tertiary/aromatic N) is 5. The van der Waals surface area contributed by atoms with Crippen molar-refractivity contribution >= 4 is 11.8 Å². The molecule has 45 heavy (non-hydrogen) atoms. The molecule has 3 N–H and O–H groups in total. The highest BCUT2D eigenvalue weighted by Gasteiger charge is 2.47. The number of tetrazole rings is 1. The van der Waals surface area contributed by atoms with Crippen LogP contribution in [0.2, 0.25) is 0 Å². The molecule has 0 aliphatic carbocycles. The Kier molecular flexibility index (Phi) is 9.14. The monoisotopic (exact) mass is 654 g/mol. The van der Waals surface area contributed by atoms with Gasteiger partial charge in [-0.3, -0.25) is 4.90 Å². The first-order chi connectivity index (χ1) is 20.8. The summed E-state index contributed by atoms with van der Waals surface area (Å²) in [5, 5.41) is 22.3. The third-order valence-corrected chi connectivity index (χ3v) is 7.31. The van der Waals surface area contributed by atoms with Crippen LogP contribution in [0.4, 0.5) is 50.0 Å². The smallest absolute Gasteiger partial charge is 0.416 e. The Balaban J connectivity index is 1.66. The Hall–Kier alpha value is -3.93. The molecule has 1 aliphatic rings. The molecule has 0 fully saturated rings. The van der Waals surface area contributed by atoms with Crippen molar-refractivity contribution < 1.29 is 54.2 Å². The van der Waals surface area contributed by atoms with Crippen LogP contribution in [0.3, 0.4) is 0 Å². The molecule has 0 spiro atoms. The first kappa shape index (κ1) is 34.0. The molecule has 9 nitrogen and oxygen atoms in total. The van der Waals surface area contributed by atoms with Crippen LogP contribution in [0.25, 0.3) is 0 Å². The fourth-order valence-electron chi connectivity index (χ4n) is 5.14. The predicted octanol–water partition coefficient (Wildman–Crippen LogP) is 5.90. The number of rotatable bonds is 7. The van der Waals surface area contributed by atoms with Gasteiger partial charge in [-0.15, -0.1) is 10.2 Å². The van der Waals surface area contributed by atoms with Crippen molar-refractivity contribution in [1.82, 2.24) is 20.2 Å². The van der Waals surface area contributed by atoms with Crippen molar-refractivity contribution in [1.29, 1.82) is 0 Å². The van der Waals surface area contributed by atoms with Crippen LogP contribution in [0.15, 0.2) is 36.4 Å². The van der Waals surface area contributed by atoms with Crippen molar-refractivity contribution in [2.24, 2.45) is 5.73 Å². The van der Waals surface area contributed by atoms with Crippen molar-refractivity contribution in [3.05, 3.63) is 70.0 Å². The molecule has 4 rings (SSSR count). The minimum Gasteiger partial charge on any atom is -0.449 e. The number of nitrogens with two attached hydrogens (primary N) is 1. The standard InChI is InChI=1S/C27H27F9N6O3/c1-3-24(37)12-20(19-11-15(25(28,29)30)5-6-21(19)42(24)23(44)45-4-2)22-38-40-41(39-22)13-18(43)9-14-7-16(26(31,32)33)10-17(8-14)27(34,35)36/h5-8,10-11,18,20,43H,3-4,9,12-13,37H2,1-2H3/t18?,20-,24+/m0/s1. The number of aromatic nitrogens is 4. The SMILES string of the molecule is CCOC(=O)N1c2ccc(C(F)(F)F)cc2[C@@H](c2nnn(CC(O)Cc3cc(C(F)(F)F)cc(C(F)(F)F)c3)n2)C[C@@]1(N)CC. The normalized spacial score (nSPS) is 19.8. The van der Waals surface area contributed by atoms with E-state index in [1.165, 1.54) is 0 Å². The number of hydrogen-bond donors (Lipinski definition) is 2. The molecular formula is C27H27F9N6O3. The van der Waals surface area contributed by atoms with Gasteiger partial charge >= 0.3 is 24.6 Å². The van der Waals surface area contributed by atoms with Crippen molar-refractivity contribution in [3.63, 3.8) is 0 Å². The summed E-state index contributed by atoms with van der Waals surface area (Å²) in [4.78, 5) is 14.8. The van der Waals surface area contributed by atoms with E-state index in [9.17, 15) is 49.4 Å². The summed E-state index contributed by atoms with van der Waals surface area (Å²) in [5.41, 5.74) is 0.531. The zero-order valence-corrected chi connectivity index (χ0v) is 23.6. The number of ether oxygens (including phenoxy) is 1. The molecule has 1 aliphatic heterocycles. The number of carbonyl (C=O) groups is 1. The van der Waals surface area contributed by atoms with E-state index in [1.807, 2.05) is 0 Å². The van der Waals surface area contributed by atoms with Gasteiger partial charge in [0.05, 0.1) is 47.6 Å². The van der Waals surface area contributed by atoms with E-state index in [0.29, 0.717) is 12.1 Å². The van der Waals surface area contributed by atoms with E-state index in [4.69, 9.17) is 10.5 Å². The fraction of sp³-hybridized carbons (Fsp3) is 0.481. The number of halogens is 9. The summed E-state index contributed by atoms with van der Waals surface area (Å²) >= 11 is 0. The van der Waals surface area contributed by atoms with Gasteiger partial charge in [0, 0.05) is 6.42 Å². The second-order valence-corrected chi connectivity index (χ2v) is 10.5. The van der Waals surface area contributed by atoms with Gasteiger partial charge in [0.2, 0.25) is 0 Å². The number of fused-ring (bicyclic) bond motifs is 1. The van der Waals surface area contributed by atoms with Gasteiger partial charge in [0.25, 0.3) is 0 Å². The van der Waals surface area contributed by atoms with Gasteiger partial charge in [-0.05, 0) is 72.5 Å². The Morgan fingerprint density at radius 1 is 1.00 bits per heavy atom. The molecule has 2 aromatic carbocycles. The van der Waals surface area contributed by atoms with Crippen molar-refractivity contribution in [2.75, 3.05) is 11.5 Å². The Morgan fingerprint density at radius 3 is 2.13 bits per heavy atom. The van der Waals surface area contributed by atoms with Crippen LogP contribution in [0, 0.1) is 0 Å². The number of aliphatic hydroxyl groups is 1. The second kappa shape index (κ2) is 12.1.